The highest BCUT2D eigenvalue weighted by atomic mass is 16.5. The van der Waals surface area contributed by atoms with E-state index >= 15 is 0 Å². The van der Waals surface area contributed by atoms with Gasteiger partial charge in [0.2, 0.25) is 0 Å². The molecule has 0 aromatic carbocycles. The minimum Gasteiger partial charge on any atom is -0.375 e. The summed E-state index contributed by atoms with van der Waals surface area (Å²) < 4.78 is 10.0. The molecule has 0 amide bonds. The Kier molecular flexibility index (Phi) is 2.44. The number of nitrogens with zero attached hydrogens (tertiary/aromatic N) is 1. The van der Waals surface area contributed by atoms with Gasteiger partial charge in [0.05, 0.1) is 0 Å². The summed E-state index contributed by atoms with van der Waals surface area (Å²) in [5.41, 5.74) is -0.463. The number of aromatic nitrogens is 1. The van der Waals surface area contributed by atoms with Crippen LogP contribution in [0.15, 0.2) is 15.4 Å². The highest BCUT2D eigenvalue weighted by molar-refractivity contribution is 5.78. The Morgan fingerprint density at radius 1 is 1.75 bits per heavy atom. The van der Waals surface area contributed by atoms with E-state index in [1.807, 2.05) is 0 Å². The number of methoxy groups -OCH3 is 1. The monoisotopic (exact) mass is 171 g/mol. The standard InChI is InChI=1S/C7H9NO4/c1-5-3-6(9)8(12-5)7(10)4-11-2/h3H,4H2,1-2H3. The summed E-state index contributed by atoms with van der Waals surface area (Å²) in [5, 5.41) is 0. The fraction of sp³-hybridized carbons (Fsp3) is 0.429. The average Bonchev–Trinajstić information content (AvgIpc) is 2.30. The van der Waals surface area contributed by atoms with Crippen LogP contribution >= 0.6 is 0 Å². The summed E-state index contributed by atoms with van der Waals surface area (Å²) >= 11 is 0. The third-order valence-electron chi connectivity index (χ3n) is 1.26. The lowest BCUT2D eigenvalue weighted by Gasteiger charge is -1.95. The molecule has 0 aliphatic rings. The first-order valence-corrected chi connectivity index (χ1v) is 3.37. The average molecular weight is 171 g/mol. The van der Waals surface area contributed by atoms with Gasteiger partial charge in [-0.25, -0.2) is 0 Å². The van der Waals surface area contributed by atoms with E-state index in [2.05, 4.69) is 4.74 Å². The van der Waals surface area contributed by atoms with E-state index < -0.39 is 11.5 Å². The quantitative estimate of drug-likeness (QED) is 0.630. The molecule has 0 aliphatic heterocycles. The van der Waals surface area contributed by atoms with Crippen molar-refractivity contribution < 1.29 is 14.1 Å². The van der Waals surface area contributed by atoms with E-state index in [1.54, 1.807) is 6.92 Å². The van der Waals surface area contributed by atoms with Crippen LogP contribution in [-0.2, 0) is 4.74 Å². The Labute approximate surface area is 68.5 Å². The zero-order chi connectivity index (χ0) is 9.14. The van der Waals surface area contributed by atoms with Crippen molar-refractivity contribution in [1.29, 1.82) is 0 Å². The van der Waals surface area contributed by atoms with Gasteiger partial charge in [-0.2, -0.15) is 0 Å². The number of carbonyl (C=O) groups is 1. The van der Waals surface area contributed by atoms with Gasteiger partial charge in [-0.1, -0.05) is 0 Å². The molecule has 1 heterocycles. The lowest BCUT2D eigenvalue weighted by molar-refractivity contribution is 0.0628. The van der Waals surface area contributed by atoms with Crippen molar-refractivity contribution >= 4 is 5.91 Å². The second-order valence-corrected chi connectivity index (χ2v) is 2.31. The van der Waals surface area contributed by atoms with Crippen molar-refractivity contribution in [3.05, 3.63) is 22.2 Å². The maximum Gasteiger partial charge on any atom is 0.290 e. The SMILES string of the molecule is COCC(=O)n1oc(C)cc1=O. The fourth-order valence-corrected chi connectivity index (χ4v) is 0.804. The van der Waals surface area contributed by atoms with Gasteiger partial charge >= 0.3 is 0 Å². The van der Waals surface area contributed by atoms with Crippen molar-refractivity contribution in [2.45, 2.75) is 6.92 Å². The lowest BCUT2D eigenvalue weighted by atomic mass is 10.5. The maximum atomic E-state index is 11.0. The summed E-state index contributed by atoms with van der Waals surface area (Å²) in [6, 6.07) is 1.24. The molecule has 0 saturated heterocycles. The number of rotatable bonds is 2. The van der Waals surface area contributed by atoms with Gasteiger partial charge in [0, 0.05) is 13.2 Å². The molecule has 0 unspecified atom stereocenters. The number of aryl methyl sites for hydroxylation is 1. The van der Waals surface area contributed by atoms with Gasteiger partial charge in [-0.15, -0.1) is 4.74 Å². The van der Waals surface area contributed by atoms with Crippen LogP contribution < -0.4 is 5.56 Å². The van der Waals surface area contributed by atoms with Crippen LogP contribution in [0, 0.1) is 6.92 Å². The van der Waals surface area contributed by atoms with Crippen LogP contribution in [0.4, 0.5) is 0 Å². The molecule has 0 saturated carbocycles. The molecule has 1 aromatic heterocycles. The molecule has 0 bridgehead atoms. The predicted octanol–water partition coefficient (Wildman–Crippen LogP) is 0.0363. The summed E-state index contributed by atoms with van der Waals surface area (Å²) in [5.74, 6) is -0.0972. The number of hydrogen-bond acceptors (Lipinski definition) is 4. The van der Waals surface area contributed by atoms with Gasteiger partial charge in [0.1, 0.15) is 12.4 Å². The molecule has 0 radical (unpaired) electrons. The smallest absolute Gasteiger partial charge is 0.290 e. The summed E-state index contributed by atoms with van der Waals surface area (Å²) in [6.07, 6.45) is 0. The van der Waals surface area contributed by atoms with Gasteiger partial charge in [0.15, 0.2) is 0 Å². The maximum absolute atomic E-state index is 11.0. The number of carbonyl (C=O) groups excluding carboxylic acids is 1. The van der Waals surface area contributed by atoms with Crippen LogP contribution in [0.3, 0.4) is 0 Å². The van der Waals surface area contributed by atoms with E-state index in [0.29, 0.717) is 10.5 Å². The topological polar surface area (TPSA) is 61.4 Å². The number of hydrogen-bond donors (Lipinski definition) is 0. The van der Waals surface area contributed by atoms with Gasteiger partial charge < -0.3 is 9.26 Å². The first-order valence-electron chi connectivity index (χ1n) is 3.37. The first kappa shape index (κ1) is 8.73. The third kappa shape index (κ3) is 1.62. The Morgan fingerprint density at radius 3 is 2.83 bits per heavy atom. The van der Waals surface area contributed by atoms with Crippen LogP contribution in [0.25, 0.3) is 0 Å². The third-order valence-corrected chi connectivity index (χ3v) is 1.26. The lowest BCUT2D eigenvalue weighted by Crippen LogP contribution is -2.25. The van der Waals surface area contributed by atoms with E-state index in [1.165, 1.54) is 13.2 Å². The van der Waals surface area contributed by atoms with E-state index in [-0.39, 0.29) is 6.61 Å². The molecule has 12 heavy (non-hydrogen) atoms. The van der Waals surface area contributed by atoms with Gasteiger partial charge in [-0.3, -0.25) is 9.59 Å². The molecule has 0 N–H and O–H groups in total. The summed E-state index contributed by atoms with van der Waals surface area (Å²) in [4.78, 5) is 22.0. The molecule has 66 valence electrons. The van der Waals surface area contributed by atoms with E-state index in [4.69, 9.17) is 4.52 Å². The molecule has 1 rings (SSSR count). The van der Waals surface area contributed by atoms with E-state index in [9.17, 15) is 9.59 Å². The van der Waals surface area contributed by atoms with Crippen molar-refractivity contribution in [2.75, 3.05) is 13.7 Å². The fourth-order valence-electron chi connectivity index (χ4n) is 0.804. The molecule has 0 aliphatic carbocycles. The molecule has 5 nitrogen and oxygen atoms in total. The predicted molar refractivity (Wildman–Crippen MR) is 40.2 cm³/mol. The molecule has 0 spiro atoms. The second-order valence-electron chi connectivity index (χ2n) is 2.31. The largest absolute Gasteiger partial charge is 0.375 e. The number of ether oxygens (including phenoxy) is 1. The molecular formula is C7H9NO4. The van der Waals surface area contributed by atoms with Gasteiger partial charge in [0.25, 0.3) is 11.5 Å². The minimum atomic E-state index is -0.504. The molecule has 5 heteroatoms. The summed E-state index contributed by atoms with van der Waals surface area (Å²) in [6.45, 7) is 1.44. The Bertz CT molecular complexity index is 335. The van der Waals surface area contributed by atoms with Crippen molar-refractivity contribution in [1.82, 2.24) is 4.74 Å². The van der Waals surface area contributed by atoms with Crippen LogP contribution in [0.1, 0.15) is 10.6 Å². The van der Waals surface area contributed by atoms with Crippen LogP contribution in [0.2, 0.25) is 0 Å². The zero-order valence-corrected chi connectivity index (χ0v) is 6.86. The van der Waals surface area contributed by atoms with Crippen molar-refractivity contribution in [2.24, 2.45) is 0 Å². The Hall–Kier alpha value is -1.36. The molecule has 1 aromatic rings. The second kappa shape index (κ2) is 3.36. The van der Waals surface area contributed by atoms with Gasteiger partial charge in [-0.05, 0) is 6.92 Å². The van der Waals surface area contributed by atoms with Crippen molar-refractivity contribution in [3.63, 3.8) is 0 Å². The highest BCUT2D eigenvalue weighted by Crippen LogP contribution is 1.92. The zero-order valence-electron chi connectivity index (χ0n) is 6.86. The molecule has 0 atom stereocenters. The Balaban J connectivity index is 2.95. The van der Waals surface area contributed by atoms with Crippen molar-refractivity contribution in [3.8, 4) is 0 Å². The van der Waals surface area contributed by atoms with E-state index in [0.717, 1.165) is 0 Å². The van der Waals surface area contributed by atoms with Crippen LogP contribution in [0.5, 0.6) is 0 Å². The van der Waals surface area contributed by atoms with Crippen LogP contribution in [-0.4, -0.2) is 24.4 Å². The highest BCUT2D eigenvalue weighted by Gasteiger charge is 2.10. The molecular weight excluding hydrogens is 162 g/mol. The first-order chi connectivity index (χ1) is 5.65. The summed E-state index contributed by atoms with van der Waals surface area (Å²) in [7, 11) is 1.37. The molecule has 0 fully saturated rings. The Morgan fingerprint density at radius 2 is 2.42 bits per heavy atom. The minimum absolute atomic E-state index is 0.160. The normalized spacial score (nSPS) is 10.2.